The van der Waals surface area contributed by atoms with E-state index in [9.17, 15) is 14.6 Å². The van der Waals surface area contributed by atoms with Crippen molar-refractivity contribution in [3.05, 3.63) is 48.0 Å². The lowest BCUT2D eigenvalue weighted by Gasteiger charge is -2.16. The third kappa shape index (κ3) is 3.55. The molecular formula is C18H22O3P+. The van der Waals surface area contributed by atoms with E-state index >= 15 is 0 Å². The molecule has 2 unspecified atom stereocenters. The van der Waals surface area contributed by atoms with E-state index in [1.165, 1.54) is 0 Å². The monoisotopic (exact) mass is 317 g/mol. The molecule has 0 aliphatic heterocycles. The summed E-state index contributed by atoms with van der Waals surface area (Å²) in [7, 11) is -2.44. The first-order chi connectivity index (χ1) is 10.6. The van der Waals surface area contributed by atoms with Gasteiger partial charge in [0.05, 0.1) is 0 Å². The minimum absolute atomic E-state index is 0.163. The maximum atomic E-state index is 11.5. The Morgan fingerprint density at radius 1 is 1.09 bits per heavy atom. The van der Waals surface area contributed by atoms with Crippen LogP contribution >= 0.6 is 8.03 Å². The largest absolute Gasteiger partial charge is 0.546 e. The minimum Gasteiger partial charge on any atom is -0.507 e. The molecule has 3 nitrogen and oxygen atoms in total. The lowest BCUT2D eigenvalue weighted by Crippen LogP contribution is -2.02. The van der Waals surface area contributed by atoms with Crippen molar-refractivity contribution in [2.24, 2.45) is 0 Å². The molecule has 0 saturated carbocycles. The molecule has 0 aliphatic rings. The summed E-state index contributed by atoms with van der Waals surface area (Å²) >= 11 is 0. The van der Waals surface area contributed by atoms with Crippen LogP contribution in [-0.4, -0.2) is 10.00 Å². The molecule has 0 bridgehead atoms. The number of rotatable bonds is 6. The Kier molecular flexibility index (Phi) is 5.70. The van der Waals surface area contributed by atoms with E-state index < -0.39 is 8.03 Å². The molecule has 0 radical (unpaired) electrons. The first-order valence-electron chi connectivity index (χ1n) is 7.66. The van der Waals surface area contributed by atoms with Gasteiger partial charge in [0, 0.05) is 11.1 Å². The fourth-order valence-electron chi connectivity index (χ4n) is 2.85. The van der Waals surface area contributed by atoms with Gasteiger partial charge in [0.25, 0.3) is 0 Å². The Morgan fingerprint density at radius 3 is 2.41 bits per heavy atom. The van der Waals surface area contributed by atoms with E-state index in [0.717, 1.165) is 24.8 Å². The number of phenols is 1. The highest BCUT2D eigenvalue weighted by molar-refractivity contribution is 7.47. The lowest BCUT2D eigenvalue weighted by molar-refractivity contribution is 0.474. The zero-order valence-electron chi connectivity index (χ0n) is 13.0. The molecule has 4 heteroatoms. The summed E-state index contributed by atoms with van der Waals surface area (Å²) in [6, 6.07) is 12.6. The fourth-order valence-corrected chi connectivity index (χ4v) is 3.47. The van der Waals surface area contributed by atoms with Crippen LogP contribution in [-0.2, 0) is 4.57 Å². The molecule has 0 aliphatic carbocycles. The molecule has 2 atom stereocenters. The zero-order valence-corrected chi connectivity index (χ0v) is 13.9. The van der Waals surface area contributed by atoms with E-state index in [2.05, 4.69) is 13.8 Å². The predicted molar refractivity (Wildman–Crippen MR) is 90.9 cm³/mol. The van der Waals surface area contributed by atoms with Gasteiger partial charge in [-0.3, -0.25) is 0 Å². The van der Waals surface area contributed by atoms with Crippen molar-refractivity contribution in [2.45, 2.75) is 39.0 Å². The second-order valence-electron chi connectivity index (χ2n) is 5.46. The van der Waals surface area contributed by atoms with E-state index in [-0.39, 0.29) is 5.75 Å². The average Bonchev–Trinajstić information content (AvgIpc) is 2.52. The Hall–Kier alpha value is -1.70. The molecular weight excluding hydrogens is 295 g/mol. The van der Waals surface area contributed by atoms with Crippen LogP contribution in [0.25, 0.3) is 11.1 Å². The highest BCUT2D eigenvalue weighted by atomic mass is 31.1. The van der Waals surface area contributed by atoms with Gasteiger partial charge in [-0.1, -0.05) is 44.5 Å². The predicted octanol–water partition coefficient (Wildman–Crippen LogP) is 4.71. The molecule has 0 aromatic heterocycles. The van der Waals surface area contributed by atoms with Crippen LogP contribution in [0.1, 0.15) is 44.6 Å². The molecule has 22 heavy (non-hydrogen) atoms. The molecule has 116 valence electrons. The second kappa shape index (κ2) is 7.53. The molecule has 0 spiro atoms. The van der Waals surface area contributed by atoms with Crippen LogP contribution < -0.4 is 5.30 Å². The van der Waals surface area contributed by atoms with E-state index in [0.29, 0.717) is 22.3 Å². The number of aromatic hydroxyl groups is 1. The van der Waals surface area contributed by atoms with Gasteiger partial charge >= 0.3 is 8.03 Å². The summed E-state index contributed by atoms with van der Waals surface area (Å²) in [5.74, 6) is 0.603. The Bertz CT molecular complexity index is 667. The third-order valence-electron chi connectivity index (χ3n) is 4.02. The van der Waals surface area contributed by atoms with Gasteiger partial charge in [0.2, 0.25) is 5.30 Å². The fraction of sp³-hybridized carbons (Fsp3) is 0.333. The van der Waals surface area contributed by atoms with Gasteiger partial charge in [0.15, 0.2) is 0 Å². The van der Waals surface area contributed by atoms with Crippen LogP contribution in [0.4, 0.5) is 0 Å². The van der Waals surface area contributed by atoms with Crippen molar-refractivity contribution in [3.63, 3.8) is 0 Å². The van der Waals surface area contributed by atoms with Gasteiger partial charge in [-0.25, -0.2) is 0 Å². The van der Waals surface area contributed by atoms with Gasteiger partial charge in [-0.05, 0) is 47.1 Å². The first-order valence-corrected chi connectivity index (χ1v) is 8.88. The van der Waals surface area contributed by atoms with Crippen LogP contribution in [0, 0.1) is 0 Å². The number of phenolic OH excluding ortho intramolecular Hbond substituents is 1. The Labute approximate surface area is 132 Å². The summed E-state index contributed by atoms with van der Waals surface area (Å²) in [4.78, 5) is 9.44. The van der Waals surface area contributed by atoms with Crippen molar-refractivity contribution in [2.75, 3.05) is 0 Å². The van der Waals surface area contributed by atoms with Crippen molar-refractivity contribution < 1.29 is 14.6 Å². The van der Waals surface area contributed by atoms with Gasteiger partial charge in [0.1, 0.15) is 5.75 Å². The quantitative estimate of drug-likeness (QED) is 0.758. The average molecular weight is 317 g/mol. The zero-order chi connectivity index (χ0) is 16.1. The summed E-state index contributed by atoms with van der Waals surface area (Å²) in [5, 5.41) is 10.7. The Morgan fingerprint density at radius 2 is 1.82 bits per heavy atom. The molecule has 2 rings (SSSR count). The Balaban J connectivity index is 2.45. The molecule has 2 aromatic carbocycles. The van der Waals surface area contributed by atoms with Gasteiger partial charge in [-0.2, -0.15) is 4.89 Å². The first kappa shape index (κ1) is 16.7. The summed E-state index contributed by atoms with van der Waals surface area (Å²) in [6.07, 6.45) is 3.23. The summed E-state index contributed by atoms with van der Waals surface area (Å²) in [5.41, 5.74) is 2.33. The van der Waals surface area contributed by atoms with E-state index in [4.69, 9.17) is 0 Å². The molecule has 2 aromatic rings. The SMILES string of the molecule is CCCC(CC)c1ccc(-c2ccccc2[P+](=O)O)c(O)c1. The number of benzene rings is 2. The minimum atomic E-state index is -2.44. The lowest BCUT2D eigenvalue weighted by atomic mass is 9.90. The summed E-state index contributed by atoms with van der Waals surface area (Å²) in [6.45, 7) is 4.31. The smallest absolute Gasteiger partial charge is 0.507 e. The highest BCUT2D eigenvalue weighted by Gasteiger charge is 2.23. The highest BCUT2D eigenvalue weighted by Crippen LogP contribution is 2.35. The van der Waals surface area contributed by atoms with Crippen molar-refractivity contribution in [3.8, 4) is 16.9 Å². The van der Waals surface area contributed by atoms with Crippen LogP contribution in [0.2, 0.25) is 0 Å². The maximum Gasteiger partial charge on any atom is 0.546 e. The molecule has 2 N–H and O–H groups in total. The summed E-state index contributed by atoms with van der Waals surface area (Å²) < 4.78 is 11.5. The van der Waals surface area contributed by atoms with Crippen molar-refractivity contribution in [1.29, 1.82) is 0 Å². The van der Waals surface area contributed by atoms with Crippen LogP contribution in [0.5, 0.6) is 5.75 Å². The van der Waals surface area contributed by atoms with Crippen LogP contribution in [0.3, 0.4) is 0 Å². The van der Waals surface area contributed by atoms with E-state index in [1.807, 2.05) is 12.1 Å². The van der Waals surface area contributed by atoms with Crippen molar-refractivity contribution >= 4 is 13.3 Å². The third-order valence-corrected chi connectivity index (χ3v) is 4.83. The molecule has 0 heterocycles. The molecule has 0 saturated heterocycles. The van der Waals surface area contributed by atoms with Crippen LogP contribution in [0.15, 0.2) is 42.5 Å². The molecule has 0 amide bonds. The second-order valence-corrected chi connectivity index (χ2v) is 6.49. The van der Waals surface area contributed by atoms with E-state index in [1.54, 1.807) is 30.3 Å². The van der Waals surface area contributed by atoms with Crippen molar-refractivity contribution in [1.82, 2.24) is 0 Å². The number of hydrogen-bond acceptors (Lipinski definition) is 2. The normalized spacial score (nSPS) is 13.0. The molecule has 0 fully saturated rings. The number of hydrogen-bond donors (Lipinski definition) is 2. The topological polar surface area (TPSA) is 57.5 Å². The van der Waals surface area contributed by atoms with Gasteiger partial charge in [-0.15, -0.1) is 0 Å². The standard InChI is InChI=1S/C18H21O3P/c1-3-7-13(4-2)14-10-11-15(17(19)12-14)16-8-5-6-9-18(16)22(20)21/h5-6,8-13H,3-4,7H2,1-2H3,(H-,19,20,21)/p+1. The maximum absolute atomic E-state index is 11.5. The van der Waals surface area contributed by atoms with Gasteiger partial charge < -0.3 is 5.11 Å².